The van der Waals surface area contributed by atoms with E-state index in [2.05, 4.69) is 10.1 Å². The van der Waals surface area contributed by atoms with E-state index in [4.69, 9.17) is 4.74 Å². The summed E-state index contributed by atoms with van der Waals surface area (Å²) in [5.74, 6) is -0.495. The molecule has 1 heterocycles. The smallest absolute Gasteiger partial charge is 0.337 e. The van der Waals surface area contributed by atoms with Crippen LogP contribution in [0.4, 0.5) is 14.9 Å². The number of methoxy groups -OCH3 is 2. The summed E-state index contributed by atoms with van der Waals surface area (Å²) in [4.78, 5) is 26.1. The summed E-state index contributed by atoms with van der Waals surface area (Å²) < 4.78 is 24.0. The van der Waals surface area contributed by atoms with Crippen LogP contribution in [0.25, 0.3) is 0 Å². The van der Waals surface area contributed by atoms with Crippen molar-refractivity contribution < 1.29 is 23.5 Å². The van der Waals surface area contributed by atoms with Gasteiger partial charge in [-0.25, -0.2) is 14.0 Å². The van der Waals surface area contributed by atoms with Crippen LogP contribution < -0.4 is 10.1 Å². The van der Waals surface area contributed by atoms with Crippen LogP contribution in [0.1, 0.15) is 34.8 Å². The van der Waals surface area contributed by atoms with Gasteiger partial charge in [0.1, 0.15) is 11.6 Å². The molecule has 2 amide bonds. The van der Waals surface area contributed by atoms with Crippen molar-refractivity contribution in [1.82, 2.24) is 4.90 Å². The lowest BCUT2D eigenvalue weighted by Crippen LogP contribution is -2.34. The zero-order chi connectivity index (χ0) is 19.4. The molecule has 2 aromatic rings. The second-order valence-electron chi connectivity index (χ2n) is 6.24. The molecule has 0 radical (unpaired) electrons. The Morgan fingerprint density at radius 3 is 2.74 bits per heavy atom. The van der Waals surface area contributed by atoms with E-state index in [1.54, 1.807) is 12.0 Å². The lowest BCUT2D eigenvalue weighted by Gasteiger charge is -2.25. The molecule has 1 aliphatic rings. The van der Waals surface area contributed by atoms with Gasteiger partial charge in [0.05, 0.1) is 31.5 Å². The number of nitrogens with one attached hydrogen (secondary N) is 1. The van der Waals surface area contributed by atoms with Crippen LogP contribution in [0.15, 0.2) is 42.5 Å². The number of carbonyl (C=O) groups is 2. The van der Waals surface area contributed by atoms with E-state index >= 15 is 0 Å². The number of carbonyl (C=O) groups excluding carboxylic acids is 2. The van der Waals surface area contributed by atoms with Crippen LogP contribution in [-0.2, 0) is 4.74 Å². The highest BCUT2D eigenvalue weighted by Gasteiger charge is 2.30. The molecule has 0 saturated carbocycles. The SMILES string of the molecule is COC(=O)c1ccc(F)c(NC(=O)N2CCCC2c2cccc(OC)c2)c1. The van der Waals surface area contributed by atoms with Gasteiger partial charge in [0.2, 0.25) is 0 Å². The highest BCUT2D eigenvalue weighted by Crippen LogP contribution is 2.34. The Morgan fingerprint density at radius 1 is 1.19 bits per heavy atom. The molecule has 0 spiro atoms. The normalized spacial score (nSPS) is 16.1. The van der Waals surface area contributed by atoms with Crippen molar-refractivity contribution in [1.29, 1.82) is 0 Å². The fourth-order valence-corrected chi connectivity index (χ4v) is 3.26. The third-order valence-electron chi connectivity index (χ3n) is 4.62. The first-order valence-corrected chi connectivity index (χ1v) is 8.63. The number of nitrogens with zero attached hydrogens (tertiary/aromatic N) is 1. The van der Waals surface area contributed by atoms with Crippen LogP contribution in [0.2, 0.25) is 0 Å². The summed E-state index contributed by atoms with van der Waals surface area (Å²) in [6.45, 7) is 0.562. The molecule has 1 N–H and O–H groups in total. The van der Waals surface area contributed by atoms with Gasteiger partial charge in [-0.2, -0.15) is 0 Å². The van der Waals surface area contributed by atoms with Gasteiger partial charge in [0.15, 0.2) is 0 Å². The van der Waals surface area contributed by atoms with E-state index in [0.717, 1.165) is 30.2 Å². The monoisotopic (exact) mass is 372 g/mol. The highest BCUT2D eigenvalue weighted by atomic mass is 19.1. The molecular weight excluding hydrogens is 351 g/mol. The molecule has 1 aliphatic heterocycles. The van der Waals surface area contributed by atoms with Crippen LogP contribution >= 0.6 is 0 Å². The molecule has 142 valence electrons. The summed E-state index contributed by atoms with van der Waals surface area (Å²) in [6, 6.07) is 10.7. The summed E-state index contributed by atoms with van der Waals surface area (Å²) in [6.07, 6.45) is 1.66. The second-order valence-corrected chi connectivity index (χ2v) is 6.24. The molecule has 0 aliphatic carbocycles. The summed E-state index contributed by atoms with van der Waals surface area (Å²) in [7, 11) is 2.84. The summed E-state index contributed by atoms with van der Waals surface area (Å²) in [5.41, 5.74) is 1.07. The van der Waals surface area contributed by atoms with Crippen LogP contribution in [0, 0.1) is 5.82 Å². The quantitative estimate of drug-likeness (QED) is 0.824. The molecule has 3 rings (SSSR count). The fraction of sp³-hybridized carbons (Fsp3) is 0.300. The van der Waals surface area contributed by atoms with Crippen molar-refractivity contribution in [2.45, 2.75) is 18.9 Å². The first-order chi connectivity index (χ1) is 13.0. The molecule has 2 aromatic carbocycles. The number of anilines is 1. The Kier molecular flexibility index (Phi) is 5.59. The maximum absolute atomic E-state index is 14.1. The summed E-state index contributed by atoms with van der Waals surface area (Å²) in [5, 5.41) is 2.57. The van der Waals surface area contributed by atoms with Crippen LogP contribution in [-0.4, -0.2) is 37.7 Å². The molecule has 7 heteroatoms. The molecule has 1 saturated heterocycles. The van der Waals surface area contributed by atoms with Gasteiger partial charge < -0.3 is 19.7 Å². The Balaban J connectivity index is 1.80. The number of halogens is 1. The Labute approximate surface area is 156 Å². The second kappa shape index (κ2) is 8.07. The minimum Gasteiger partial charge on any atom is -0.497 e. The lowest BCUT2D eigenvalue weighted by atomic mass is 10.0. The predicted octanol–water partition coefficient (Wildman–Crippen LogP) is 3.99. The largest absolute Gasteiger partial charge is 0.497 e. The van der Waals surface area contributed by atoms with Crippen molar-refractivity contribution in [3.05, 3.63) is 59.4 Å². The van der Waals surface area contributed by atoms with Crippen molar-refractivity contribution in [2.24, 2.45) is 0 Å². The van der Waals surface area contributed by atoms with E-state index in [-0.39, 0.29) is 17.3 Å². The third kappa shape index (κ3) is 4.02. The Morgan fingerprint density at radius 2 is 2.00 bits per heavy atom. The van der Waals surface area contributed by atoms with Gasteiger partial charge in [-0.3, -0.25) is 0 Å². The third-order valence-corrected chi connectivity index (χ3v) is 4.62. The number of likely N-dealkylation sites (tertiary alicyclic amines) is 1. The number of hydrogen-bond acceptors (Lipinski definition) is 4. The number of hydrogen-bond donors (Lipinski definition) is 1. The number of amides is 2. The average molecular weight is 372 g/mol. The molecule has 0 bridgehead atoms. The number of rotatable bonds is 4. The lowest BCUT2D eigenvalue weighted by molar-refractivity contribution is 0.0600. The first-order valence-electron chi connectivity index (χ1n) is 8.63. The Bertz CT molecular complexity index is 856. The number of urea groups is 1. The van der Waals surface area contributed by atoms with Gasteiger partial charge in [0.25, 0.3) is 0 Å². The first kappa shape index (κ1) is 18.7. The minimum absolute atomic E-state index is 0.0563. The maximum atomic E-state index is 14.1. The highest BCUT2D eigenvalue weighted by molar-refractivity contribution is 5.94. The summed E-state index contributed by atoms with van der Waals surface area (Å²) >= 11 is 0. The number of benzene rings is 2. The van der Waals surface area contributed by atoms with Crippen molar-refractivity contribution in [3.8, 4) is 5.75 Å². The van der Waals surface area contributed by atoms with Crippen LogP contribution in [0.3, 0.4) is 0 Å². The molecule has 1 fully saturated rings. The molecular formula is C20H21FN2O4. The molecule has 1 atom stereocenters. The standard InChI is InChI=1S/C20H21FN2O4/c1-26-15-6-3-5-13(11-15)18-7-4-10-23(18)20(25)22-17-12-14(19(24)27-2)8-9-16(17)21/h3,5-6,8-9,11-12,18H,4,7,10H2,1-2H3,(H,22,25). The van der Waals surface area contributed by atoms with E-state index < -0.39 is 17.8 Å². The molecule has 1 unspecified atom stereocenters. The molecule has 27 heavy (non-hydrogen) atoms. The van der Waals surface area contributed by atoms with Gasteiger partial charge in [-0.05, 0) is 48.7 Å². The predicted molar refractivity (Wildman–Crippen MR) is 98.4 cm³/mol. The van der Waals surface area contributed by atoms with E-state index in [1.165, 1.54) is 19.2 Å². The Hall–Kier alpha value is -3.09. The van der Waals surface area contributed by atoms with Crippen molar-refractivity contribution >= 4 is 17.7 Å². The minimum atomic E-state index is -0.617. The van der Waals surface area contributed by atoms with Gasteiger partial charge in [-0.1, -0.05) is 12.1 Å². The van der Waals surface area contributed by atoms with Crippen LogP contribution in [0.5, 0.6) is 5.75 Å². The zero-order valence-electron chi connectivity index (χ0n) is 15.2. The average Bonchev–Trinajstić information content (AvgIpc) is 3.19. The zero-order valence-corrected chi connectivity index (χ0v) is 15.2. The maximum Gasteiger partial charge on any atom is 0.337 e. The van der Waals surface area contributed by atoms with Crippen molar-refractivity contribution in [3.63, 3.8) is 0 Å². The fourth-order valence-electron chi connectivity index (χ4n) is 3.26. The molecule has 6 nitrogen and oxygen atoms in total. The van der Waals surface area contributed by atoms with Gasteiger partial charge in [-0.15, -0.1) is 0 Å². The number of esters is 1. The topological polar surface area (TPSA) is 67.9 Å². The van der Waals surface area contributed by atoms with E-state index in [9.17, 15) is 14.0 Å². The van der Waals surface area contributed by atoms with Gasteiger partial charge in [0, 0.05) is 6.54 Å². The van der Waals surface area contributed by atoms with E-state index in [1.807, 2.05) is 24.3 Å². The van der Waals surface area contributed by atoms with Gasteiger partial charge >= 0.3 is 12.0 Å². The molecule has 0 aromatic heterocycles. The van der Waals surface area contributed by atoms with E-state index in [0.29, 0.717) is 6.54 Å². The van der Waals surface area contributed by atoms with Crippen molar-refractivity contribution in [2.75, 3.05) is 26.1 Å². The number of ether oxygens (including phenoxy) is 2.